The predicted octanol–water partition coefficient (Wildman–Crippen LogP) is 4.10. The van der Waals surface area contributed by atoms with Crippen molar-refractivity contribution in [1.29, 1.82) is 0 Å². The second-order valence-corrected chi connectivity index (χ2v) is 9.07. The van der Waals surface area contributed by atoms with E-state index in [0.29, 0.717) is 16.3 Å². The van der Waals surface area contributed by atoms with E-state index < -0.39 is 11.7 Å². The quantitative estimate of drug-likeness (QED) is 0.478. The number of carbonyl (C=O) groups is 3. The molecule has 11 heteroatoms. The lowest BCUT2D eigenvalue weighted by molar-refractivity contribution is -0.115. The summed E-state index contributed by atoms with van der Waals surface area (Å²) in [5, 5.41) is 9.48. The number of amides is 3. The number of carbonyl (C=O) groups excluding carboxylic acids is 3. The Bertz CT molecular complexity index is 1080. The third kappa shape index (κ3) is 5.68. The van der Waals surface area contributed by atoms with E-state index in [1.165, 1.54) is 30.4 Å². The fourth-order valence-electron chi connectivity index (χ4n) is 2.31. The first-order valence-electron chi connectivity index (χ1n) is 8.18. The highest BCUT2D eigenvalue weighted by Crippen LogP contribution is 2.28. The molecule has 0 saturated carbocycles. The Balaban J connectivity index is 1.59. The van der Waals surface area contributed by atoms with E-state index in [0.717, 1.165) is 15.1 Å². The van der Waals surface area contributed by atoms with Gasteiger partial charge in [0.1, 0.15) is 5.82 Å². The molecule has 0 radical (unpaired) electrons. The van der Waals surface area contributed by atoms with Crippen molar-refractivity contribution in [3.63, 3.8) is 0 Å². The Labute approximate surface area is 181 Å². The summed E-state index contributed by atoms with van der Waals surface area (Å²) in [6.07, 6.45) is 0. The molecule has 150 valence electrons. The van der Waals surface area contributed by atoms with Gasteiger partial charge in [-0.1, -0.05) is 0 Å². The lowest BCUT2D eigenvalue weighted by Crippen LogP contribution is -2.32. The van der Waals surface area contributed by atoms with Gasteiger partial charge in [-0.2, -0.15) is 0 Å². The Morgan fingerprint density at radius 3 is 2.62 bits per heavy atom. The van der Waals surface area contributed by atoms with Crippen LogP contribution in [0.15, 0.2) is 39.5 Å². The average Bonchev–Trinajstić information content (AvgIpc) is 3.28. The van der Waals surface area contributed by atoms with E-state index in [2.05, 4.69) is 36.9 Å². The SMILES string of the molecule is CC(=O)Nc1ccc(-c2csc(NC(=O)CNC(=O)c3ccc(Br)s3)n2)c(F)c1. The first-order chi connectivity index (χ1) is 13.8. The Hall–Kier alpha value is -2.63. The number of anilines is 2. The van der Waals surface area contributed by atoms with Crippen LogP contribution in [-0.2, 0) is 9.59 Å². The molecule has 3 N–H and O–H groups in total. The van der Waals surface area contributed by atoms with E-state index in [1.807, 2.05) is 0 Å². The normalized spacial score (nSPS) is 10.4. The van der Waals surface area contributed by atoms with Gasteiger partial charge in [0.2, 0.25) is 11.8 Å². The molecule has 29 heavy (non-hydrogen) atoms. The molecule has 0 aliphatic heterocycles. The lowest BCUT2D eigenvalue weighted by atomic mass is 10.1. The number of thiophene rings is 1. The van der Waals surface area contributed by atoms with Gasteiger partial charge in [0.05, 0.1) is 20.9 Å². The predicted molar refractivity (Wildman–Crippen MR) is 115 cm³/mol. The molecule has 0 spiro atoms. The minimum absolute atomic E-state index is 0.219. The van der Waals surface area contributed by atoms with Gasteiger partial charge in [-0.3, -0.25) is 14.4 Å². The van der Waals surface area contributed by atoms with Gasteiger partial charge in [-0.05, 0) is 46.3 Å². The standard InChI is InChI=1S/C18H14BrFN4O3S2/c1-9(25)22-10-2-3-11(12(20)6-10)13-8-28-18(23-13)24-16(26)7-21-17(27)14-4-5-15(19)29-14/h2-6,8H,7H2,1H3,(H,21,27)(H,22,25)(H,23,24,26). The molecule has 0 atom stereocenters. The van der Waals surface area contributed by atoms with E-state index >= 15 is 0 Å². The molecule has 3 amide bonds. The largest absolute Gasteiger partial charge is 0.342 e. The highest BCUT2D eigenvalue weighted by Gasteiger charge is 2.14. The number of nitrogens with one attached hydrogen (secondary N) is 3. The summed E-state index contributed by atoms with van der Waals surface area (Å²) < 4.78 is 15.1. The van der Waals surface area contributed by atoms with E-state index in [9.17, 15) is 18.8 Å². The van der Waals surface area contributed by atoms with Crippen molar-refractivity contribution in [2.75, 3.05) is 17.2 Å². The third-order valence-corrected chi connectivity index (χ3v) is 5.90. The van der Waals surface area contributed by atoms with Gasteiger partial charge >= 0.3 is 0 Å². The molecule has 0 unspecified atom stereocenters. The van der Waals surface area contributed by atoms with Crippen molar-refractivity contribution in [3.05, 3.63) is 50.2 Å². The molecule has 0 aliphatic carbocycles. The zero-order valence-corrected chi connectivity index (χ0v) is 18.1. The number of benzene rings is 1. The van der Waals surface area contributed by atoms with Crippen molar-refractivity contribution < 1.29 is 18.8 Å². The topological polar surface area (TPSA) is 100 Å². The van der Waals surface area contributed by atoms with E-state index in [-0.39, 0.29) is 29.1 Å². The molecule has 0 aliphatic rings. The summed E-state index contributed by atoms with van der Waals surface area (Å²) in [4.78, 5) is 39.7. The van der Waals surface area contributed by atoms with Gasteiger partial charge in [-0.25, -0.2) is 9.37 Å². The Morgan fingerprint density at radius 1 is 1.17 bits per heavy atom. The zero-order chi connectivity index (χ0) is 21.0. The van der Waals surface area contributed by atoms with Crippen LogP contribution in [0.2, 0.25) is 0 Å². The van der Waals surface area contributed by atoms with Crippen molar-refractivity contribution in [3.8, 4) is 11.3 Å². The van der Waals surface area contributed by atoms with E-state index in [1.54, 1.807) is 23.6 Å². The van der Waals surface area contributed by atoms with Crippen LogP contribution < -0.4 is 16.0 Å². The maximum absolute atomic E-state index is 14.3. The highest BCUT2D eigenvalue weighted by molar-refractivity contribution is 9.11. The summed E-state index contributed by atoms with van der Waals surface area (Å²) in [6, 6.07) is 7.67. The lowest BCUT2D eigenvalue weighted by Gasteiger charge is -2.05. The number of halogens is 2. The molecule has 0 saturated heterocycles. The third-order valence-electron chi connectivity index (χ3n) is 3.52. The van der Waals surface area contributed by atoms with Crippen LogP contribution in [0.4, 0.5) is 15.2 Å². The summed E-state index contributed by atoms with van der Waals surface area (Å²) in [6.45, 7) is 1.12. The van der Waals surface area contributed by atoms with Crippen LogP contribution >= 0.6 is 38.6 Å². The molecule has 3 aromatic rings. The second kappa shape index (κ2) is 9.25. The number of thiazole rings is 1. The van der Waals surface area contributed by atoms with Crippen LogP contribution in [0.1, 0.15) is 16.6 Å². The van der Waals surface area contributed by atoms with Crippen molar-refractivity contribution >= 4 is 67.1 Å². The molecule has 0 fully saturated rings. The fourth-order valence-corrected chi connectivity index (χ4v) is 4.34. The maximum atomic E-state index is 14.3. The van der Waals surface area contributed by atoms with Crippen molar-refractivity contribution in [1.82, 2.24) is 10.3 Å². The molecule has 1 aromatic carbocycles. The Kier molecular flexibility index (Phi) is 6.72. The van der Waals surface area contributed by atoms with Crippen molar-refractivity contribution in [2.45, 2.75) is 6.92 Å². The number of rotatable bonds is 6. The van der Waals surface area contributed by atoms with Gasteiger partial charge in [0, 0.05) is 23.6 Å². The average molecular weight is 497 g/mol. The van der Waals surface area contributed by atoms with Gasteiger partial charge in [0.25, 0.3) is 5.91 Å². The summed E-state index contributed by atoms with van der Waals surface area (Å²) in [5.41, 5.74) is 0.938. The minimum atomic E-state index is -0.547. The summed E-state index contributed by atoms with van der Waals surface area (Å²) in [5.74, 6) is -1.64. The highest BCUT2D eigenvalue weighted by atomic mass is 79.9. The van der Waals surface area contributed by atoms with Gasteiger partial charge in [-0.15, -0.1) is 22.7 Å². The number of nitrogens with zero attached hydrogens (tertiary/aromatic N) is 1. The van der Waals surface area contributed by atoms with Crippen LogP contribution in [0.25, 0.3) is 11.3 Å². The van der Waals surface area contributed by atoms with Crippen molar-refractivity contribution in [2.24, 2.45) is 0 Å². The summed E-state index contributed by atoms with van der Waals surface area (Å²) in [7, 11) is 0. The van der Waals surface area contributed by atoms with Gasteiger partial charge in [0.15, 0.2) is 5.13 Å². The zero-order valence-electron chi connectivity index (χ0n) is 14.9. The second-order valence-electron chi connectivity index (χ2n) is 5.75. The van der Waals surface area contributed by atoms with Crippen LogP contribution in [0.3, 0.4) is 0 Å². The van der Waals surface area contributed by atoms with Crippen LogP contribution in [0, 0.1) is 5.82 Å². The smallest absolute Gasteiger partial charge is 0.261 e. The van der Waals surface area contributed by atoms with Crippen LogP contribution in [-0.4, -0.2) is 29.3 Å². The monoisotopic (exact) mass is 496 g/mol. The molecule has 2 aromatic heterocycles. The molecular formula is C18H14BrFN4O3S2. The Morgan fingerprint density at radius 2 is 1.97 bits per heavy atom. The first-order valence-corrected chi connectivity index (χ1v) is 10.7. The van der Waals surface area contributed by atoms with Gasteiger partial charge < -0.3 is 16.0 Å². The maximum Gasteiger partial charge on any atom is 0.261 e. The van der Waals surface area contributed by atoms with E-state index in [4.69, 9.17) is 0 Å². The van der Waals surface area contributed by atoms with Crippen LogP contribution in [0.5, 0.6) is 0 Å². The molecule has 0 bridgehead atoms. The first kappa shape index (κ1) is 21.1. The molecule has 7 nitrogen and oxygen atoms in total. The number of hydrogen-bond acceptors (Lipinski definition) is 6. The number of hydrogen-bond donors (Lipinski definition) is 3. The molecule has 2 heterocycles. The number of aromatic nitrogens is 1. The molecule has 3 rings (SSSR count). The minimum Gasteiger partial charge on any atom is -0.342 e. The summed E-state index contributed by atoms with van der Waals surface area (Å²) >= 11 is 5.67. The molecular weight excluding hydrogens is 483 g/mol. The fraction of sp³-hybridized carbons (Fsp3) is 0.111.